The van der Waals surface area contributed by atoms with Gasteiger partial charge in [-0.05, 0) is 49.0 Å². The number of esters is 1. The van der Waals surface area contributed by atoms with E-state index in [4.69, 9.17) is 10.2 Å². The molecule has 2 aliphatic carbocycles. The summed E-state index contributed by atoms with van der Waals surface area (Å²) >= 11 is 0. The number of ether oxygens (including phenoxy) is 1. The molecule has 1 heterocycles. The number of carbonyl (C=O) groups excluding carboxylic acids is 1. The van der Waals surface area contributed by atoms with E-state index in [0.717, 1.165) is 24.2 Å². The molecule has 0 aromatic rings. The molecule has 0 aromatic carbocycles. The van der Waals surface area contributed by atoms with Crippen LogP contribution in [-0.2, 0) is 14.3 Å². The minimum absolute atomic E-state index is 0.167. The van der Waals surface area contributed by atoms with E-state index in [1.54, 1.807) is 12.5 Å². The summed E-state index contributed by atoms with van der Waals surface area (Å²) in [5.74, 6) is 1.42. The van der Waals surface area contributed by atoms with Crippen LogP contribution in [0.5, 0.6) is 0 Å². The highest BCUT2D eigenvalue weighted by molar-refractivity contribution is 5.70. The summed E-state index contributed by atoms with van der Waals surface area (Å²) in [7, 11) is 0. The molecule has 3 aliphatic rings. The summed E-state index contributed by atoms with van der Waals surface area (Å²) in [6.45, 7) is 8.64. The van der Waals surface area contributed by atoms with Crippen LogP contribution < -0.4 is 0 Å². The van der Waals surface area contributed by atoms with E-state index in [1.165, 1.54) is 25.7 Å². The summed E-state index contributed by atoms with van der Waals surface area (Å²) in [4.78, 5) is 20.2. The number of hydrogen-bond donors (Lipinski definition) is 2. The van der Waals surface area contributed by atoms with Crippen LogP contribution in [0.4, 0.5) is 0 Å². The van der Waals surface area contributed by atoms with Crippen molar-refractivity contribution in [1.29, 1.82) is 0 Å². The number of aliphatic hydroxyl groups excluding tert-OH is 1. The van der Waals surface area contributed by atoms with Gasteiger partial charge in [0, 0.05) is 6.42 Å². The van der Waals surface area contributed by atoms with Crippen LogP contribution in [0.25, 0.3) is 0 Å². The van der Waals surface area contributed by atoms with Crippen molar-refractivity contribution >= 4 is 11.9 Å². The van der Waals surface area contributed by atoms with Crippen LogP contribution in [0.1, 0.15) is 72.6 Å². The van der Waals surface area contributed by atoms with Crippen molar-refractivity contribution in [3.8, 4) is 0 Å². The van der Waals surface area contributed by atoms with E-state index in [0.29, 0.717) is 13.0 Å². The van der Waals surface area contributed by atoms with Crippen molar-refractivity contribution in [2.75, 3.05) is 6.61 Å². The minimum Gasteiger partial charge on any atom is -0.481 e. The highest BCUT2D eigenvalue weighted by Gasteiger charge is 2.30. The molecule has 0 bridgehead atoms. The Morgan fingerprint density at radius 2 is 2.04 bits per heavy atom. The number of carboxylic acids is 1. The van der Waals surface area contributed by atoms with Crippen LogP contribution in [-0.4, -0.2) is 34.9 Å². The van der Waals surface area contributed by atoms with Gasteiger partial charge in [-0.1, -0.05) is 52.3 Å². The van der Waals surface area contributed by atoms with E-state index < -0.39 is 12.1 Å². The van der Waals surface area contributed by atoms with Gasteiger partial charge in [-0.15, -0.1) is 0 Å². The third kappa shape index (κ3) is 8.17. The second-order valence-corrected chi connectivity index (χ2v) is 8.05. The molecule has 0 aromatic heterocycles. The lowest BCUT2D eigenvalue weighted by molar-refractivity contribution is -0.151. The molecule has 1 aliphatic heterocycles. The average Bonchev–Trinajstić information content (AvgIpc) is 2.68. The fraction of sp³-hybridized carbons (Fsp3) is 0.739. The lowest BCUT2D eigenvalue weighted by Gasteiger charge is -2.36. The Morgan fingerprint density at radius 1 is 1.32 bits per heavy atom. The number of carboxylic acid groups (broad SMARTS) is 1. The predicted octanol–water partition coefficient (Wildman–Crippen LogP) is 4.75. The first-order chi connectivity index (χ1) is 13.3. The summed E-state index contributed by atoms with van der Waals surface area (Å²) in [6.07, 6.45) is 13.7. The maximum absolute atomic E-state index is 10.3. The zero-order chi connectivity index (χ0) is 21.1. The molecule has 5 heteroatoms. The standard InChI is InChI=1S/C13H20.C5H8O3.C5H10O2/c1-3-12-10(2)8-9-11-6-4-5-7-13(11)12;6-4-1-2-8-5(7)3-4;1-3-4(2)5(6)7/h6,8-10,12-13H,3-5,7H2,1-2H3;4,6H,1-3H2;4H,3H2,1-2H3,(H,6,7)/t10-,12?,13?;;/m0../s1. The molecule has 1 fully saturated rings. The molecule has 2 N–H and O–H groups in total. The summed E-state index contributed by atoms with van der Waals surface area (Å²) < 4.78 is 4.55. The van der Waals surface area contributed by atoms with E-state index in [9.17, 15) is 9.59 Å². The Balaban J connectivity index is 0.000000227. The molecule has 0 saturated carbocycles. The number of allylic oxidation sites excluding steroid dienone is 4. The van der Waals surface area contributed by atoms with Crippen LogP contribution in [0, 0.1) is 23.7 Å². The molecule has 5 nitrogen and oxygen atoms in total. The van der Waals surface area contributed by atoms with Gasteiger partial charge in [-0.25, -0.2) is 0 Å². The zero-order valence-corrected chi connectivity index (χ0v) is 17.9. The number of aliphatic hydroxyl groups is 1. The summed E-state index contributed by atoms with van der Waals surface area (Å²) in [6, 6.07) is 0. The average molecular weight is 395 g/mol. The highest BCUT2D eigenvalue weighted by atomic mass is 16.5. The molecule has 3 rings (SSSR count). The van der Waals surface area contributed by atoms with Crippen molar-refractivity contribution in [1.82, 2.24) is 0 Å². The Kier molecular flexibility index (Phi) is 11.1. The van der Waals surface area contributed by atoms with Gasteiger partial charge < -0.3 is 14.9 Å². The monoisotopic (exact) mass is 394 g/mol. The molecule has 5 atom stereocenters. The molecule has 0 spiro atoms. The van der Waals surface area contributed by atoms with Crippen molar-refractivity contribution < 1.29 is 24.5 Å². The lowest BCUT2D eigenvalue weighted by Crippen LogP contribution is -2.26. The fourth-order valence-electron chi connectivity index (χ4n) is 3.84. The molecule has 28 heavy (non-hydrogen) atoms. The second kappa shape index (κ2) is 12.8. The largest absolute Gasteiger partial charge is 0.481 e. The third-order valence-electron chi connectivity index (χ3n) is 5.93. The molecule has 4 unspecified atom stereocenters. The first kappa shape index (κ1) is 24.4. The maximum atomic E-state index is 10.3. The Morgan fingerprint density at radius 3 is 2.50 bits per heavy atom. The number of fused-ring (bicyclic) bond motifs is 1. The van der Waals surface area contributed by atoms with Gasteiger partial charge in [-0.3, -0.25) is 9.59 Å². The predicted molar refractivity (Wildman–Crippen MR) is 111 cm³/mol. The molecule has 160 valence electrons. The van der Waals surface area contributed by atoms with Gasteiger partial charge >= 0.3 is 11.9 Å². The molecule has 0 radical (unpaired) electrons. The number of aliphatic carboxylic acids is 1. The SMILES string of the molecule is CCC(C)C(=O)O.CCC1C2CCCC=C2C=C[C@@H]1C.O=C1CC(O)CCO1. The van der Waals surface area contributed by atoms with Gasteiger partial charge in [0.25, 0.3) is 0 Å². The Labute approximate surface area is 169 Å². The normalized spacial score (nSPS) is 29.6. The number of rotatable bonds is 3. The lowest BCUT2D eigenvalue weighted by atomic mass is 9.69. The maximum Gasteiger partial charge on any atom is 0.308 e. The van der Waals surface area contributed by atoms with E-state index in [1.807, 2.05) is 6.92 Å². The Hall–Kier alpha value is -1.62. The van der Waals surface area contributed by atoms with Gasteiger partial charge in [0.15, 0.2) is 0 Å². The molecule has 0 amide bonds. The van der Waals surface area contributed by atoms with Gasteiger partial charge in [0.2, 0.25) is 0 Å². The first-order valence-corrected chi connectivity index (χ1v) is 10.7. The van der Waals surface area contributed by atoms with Crippen molar-refractivity contribution in [2.24, 2.45) is 23.7 Å². The van der Waals surface area contributed by atoms with Crippen molar-refractivity contribution in [2.45, 2.75) is 78.7 Å². The highest BCUT2D eigenvalue weighted by Crippen LogP contribution is 2.41. The van der Waals surface area contributed by atoms with Gasteiger partial charge in [0.05, 0.1) is 25.0 Å². The Bertz CT molecular complexity index is 551. The summed E-state index contributed by atoms with van der Waals surface area (Å²) in [5, 5.41) is 17.0. The van der Waals surface area contributed by atoms with Crippen molar-refractivity contribution in [3.05, 3.63) is 23.8 Å². The molecular weight excluding hydrogens is 356 g/mol. The smallest absolute Gasteiger partial charge is 0.308 e. The van der Waals surface area contributed by atoms with Crippen molar-refractivity contribution in [3.63, 3.8) is 0 Å². The van der Waals surface area contributed by atoms with E-state index in [2.05, 4.69) is 36.8 Å². The third-order valence-corrected chi connectivity index (χ3v) is 5.93. The second-order valence-electron chi connectivity index (χ2n) is 8.05. The van der Waals surface area contributed by atoms with Crippen LogP contribution in [0.3, 0.4) is 0 Å². The molecular formula is C23H38O5. The fourth-order valence-corrected chi connectivity index (χ4v) is 3.84. The van der Waals surface area contributed by atoms with Gasteiger partial charge in [0.1, 0.15) is 0 Å². The minimum atomic E-state index is -0.706. The number of hydrogen-bond acceptors (Lipinski definition) is 4. The number of cyclic esters (lactones) is 1. The van der Waals surface area contributed by atoms with E-state index >= 15 is 0 Å². The molecule has 1 saturated heterocycles. The van der Waals surface area contributed by atoms with Crippen LogP contribution >= 0.6 is 0 Å². The van der Waals surface area contributed by atoms with E-state index in [-0.39, 0.29) is 18.3 Å². The topological polar surface area (TPSA) is 83.8 Å². The van der Waals surface area contributed by atoms with Crippen LogP contribution in [0.15, 0.2) is 23.8 Å². The summed E-state index contributed by atoms with van der Waals surface area (Å²) in [5.41, 5.74) is 1.64. The van der Waals surface area contributed by atoms with Crippen LogP contribution in [0.2, 0.25) is 0 Å². The number of carbonyl (C=O) groups is 2. The first-order valence-electron chi connectivity index (χ1n) is 10.7. The quantitative estimate of drug-likeness (QED) is 0.675. The van der Waals surface area contributed by atoms with Gasteiger partial charge in [-0.2, -0.15) is 0 Å². The zero-order valence-electron chi connectivity index (χ0n) is 17.9.